The second-order valence-electron chi connectivity index (χ2n) is 5.53. The van der Waals surface area contributed by atoms with Crippen molar-refractivity contribution in [3.05, 3.63) is 29.3 Å². The van der Waals surface area contributed by atoms with Crippen LogP contribution in [-0.2, 0) is 6.42 Å². The molecular formula is C16H20N2O. The molecule has 3 heteroatoms. The van der Waals surface area contributed by atoms with Gasteiger partial charge in [-0.05, 0) is 36.1 Å². The number of benzene rings is 1. The highest BCUT2D eigenvalue weighted by atomic mass is 16.5. The Morgan fingerprint density at radius 1 is 1.26 bits per heavy atom. The molecule has 0 aromatic heterocycles. The zero-order valence-electron chi connectivity index (χ0n) is 11.2. The van der Waals surface area contributed by atoms with E-state index in [1.165, 1.54) is 37.7 Å². The van der Waals surface area contributed by atoms with Crippen LogP contribution < -0.4 is 10.1 Å². The van der Waals surface area contributed by atoms with Gasteiger partial charge in [0.1, 0.15) is 11.8 Å². The number of hydrogen-bond acceptors (Lipinski definition) is 3. The first-order chi connectivity index (χ1) is 9.36. The number of nitrogens with one attached hydrogen (secondary N) is 1. The molecule has 1 N–H and O–H groups in total. The standard InChI is InChI=1S/C16H20N2O/c17-11-15(18-14-4-2-1-3-5-14)12-6-7-16-13(10-12)8-9-19-16/h6-7,10,14-15,18H,1-5,8-9H2. The van der Waals surface area contributed by atoms with E-state index >= 15 is 0 Å². The SMILES string of the molecule is N#CC(NC1CCCCC1)c1ccc2c(c1)CCO2. The van der Waals surface area contributed by atoms with Crippen LogP contribution >= 0.6 is 0 Å². The first kappa shape index (κ1) is 12.5. The monoisotopic (exact) mass is 256 g/mol. The molecule has 0 radical (unpaired) electrons. The smallest absolute Gasteiger partial charge is 0.122 e. The Balaban J connectivity index is 1.73. The molecule has 1 saturated carbocycles. The summed E-state index contributed by atoms with van der Waals surface area (Å²) in [5.41, 5.74) is 2.32. The van der Waals surface area contributed by atoms with E-state index < -0.39 is 0 Å². The zero-order valence-corrected chi connectivity index (χ0v) is 11.2. The van der Waals surface area contributed by atoms with Gasteiger partial charge in [0.05, 0.1) is 12.7 Å². The van der Waals surface area contributed by atoms with Gasteiger partial charge in [0.2, 0.25) is 0 Å². The van der Waals surface area contributed by atoms with Gasteiger partial charge in [0, 0.05) is 12.5 Å². The van der Waals surface area contributed by atoms with E-state index in [2.05, 4.69) is 17.5 Å². The van der Waals surface area contributed by atoms with Gasteiger partial charge < -0.3 is 4.74 Å². The summed E-state index contributed by atoms with van der Waals surface area (Å²) in [5, 5.41) is 12.9. The molecule has 1 aliphatic heterocycles. The molecule has 1 aromatic carbocycles. The van der Waals surface area contributed by atoms with Gasteiger partial charge in [-0.15, -0.1) is 0 Å². The number of hydrogen-bond donors (Lipinski definition) is 1. The van der Waals surface area contributed by atoms with Gasteiger partial charge in [0.15, 0.2) is 0 Å². The van der Waals surface area contributed by atoms with E-state index in [-0.39, 0.29) is 6.04 Å². The van der Waals surface area contributed by atoms with Crippen molar-refractivity contribution >= 4 is 0 Å². The van der Waals surface area contributed by atoms with E-state index in [4.69, 9.17) is 4.74 Å². The lowest BCUT2D eigenvalue weighted by Gasteiger charge is -2.25. The summed E-state index contributed by atoms with van der Waals surface area (Å²) in [6.45, 7) is 0.770. The van der Waals surface area contributed by atoms with Crippen LogP contribution in [-0.4, -0.2) is 12.6 Å². The van der Waals surface area contributed by atoms with Crippen LogP contribution in [0.3, 0.4) is 0 Å². The van der Waals surface area contributed by atoms with Crippen molar-refractivity contribution in [3.63, 3.8) is 0 Å². The Hall–Kier alpha value is -1.53. The number of nitriles is 1. The number of rotatable bonds is 3. The maximum atomic E-state index is 9.41. The van der Waals surface area contributed by atoms with Crippen LogP contribution in [0.5, 0.6) is 5.75 Å². The fourth-order valence-corrected chi connectivity index (χ4v) is 3.10. The van der Waals surface area contributed by atoms with Gasteiger partial charge in [0.25, 0.3) is 0 Å². The van der Waals surface area contributed by atoms with Crippen LogP contribution in [0.4, 0.5) is 0 Å². The van der Waals surface area contributed by atoms with E-state index in [1.54, 1.807) is 0 Å². The first-order valence-electron chi connectivity index (χ1n) is 7.28. The quantitative estimate of drug-likeness (QED) is 0.903. The van der Waals surface area contributed by atoms with Gasteiger partial charge >= 0.3 is 0 Å². The summed E-state index contributed by atoms with van der Waals surface area (Å²) in [4.78, 5) is 0. The van der Waals surface area contributed by atoms with Gasteiger partial charge in [-0.3, -0.25) is 5.32 Å². The second kappa shape index (κ2) is 5.63. The molecule has 1 fully saturated rings. The molecular weight excluding hydrogens is 236 g/mol. The zero-order chi connectivity index (χ0) is 13.1. The highest BCUT2D eigenvalue weighted by molar-refractivity contribution is 5.41. The van der Waals surface area contributed by atoms with E-state index in [1.807, 2.05) is 12.1 Å². The molecule has 1 aromatic rings. The molecule has 1 heterocycles. The molecule has 0 spiro atoms. The van der Waals surface area contributed by atoms with Crippen LogP contribution in [0.25, 0.3) is 0 Å². The minimum Gasteiger partial charge on any atom is -0.493 e. The molecule has 1 aliphatic carbocycles. The minimum atomic E-state index is -0.186. The Labute approximate surface area is 114 Å². The van der Waals surface area contributed by atoms with Crippen molar-refractivity contribution in [3.8, 4) is 11.8 Å². The molecule has 3 nitrogen and oxygen atoms in total. The largest absolute Gasteiger partial charge is 0.493 e. The van der Waals surface area contributed by atoms with Crippen LogP contribution in [0, 0.1) is 11.3 Å². The van der Waals surface area contributed by atoms with Gasteiger partial charge in [-0.25, -0.2) is 0 Å². The van der Waals surface area contributed by atoms with Crippen molar-refractivity contribution in [2.24, 2.45) is 0 Å². The summed E-state index contributed by atoms with van der Waals surface area (Å²) in [5.74, 6) is 0.984. The molecule has 3 rings (SSSR count). The van der Waals surface area contributed by atoms with Crippen molar-refractivity contribution in [2.75, 3.05) is 6.61 Å². The maximum absolute atomic E-state index is 9.41. The van der Waals surface area contributed by atoms with E-state index in [0.29, 0.717) is 6.04 Å². The van der Waals surface area contributed by atoms with Crippen molar-refractivity contribution in [2.45, 2.75) is 50.6 Å². The summed E-state index contributed by atoms with van der Waals surface area (Å²) in [6, 6.07) is 8.88. The molecule has 2 aliphatic rings. The van der Waals surface area contributed by atoms with Crippen LogP contribution in [0.1, 0.15) is 49.3 Å². The van der Waals surface area contributed by atoms with Crippen LogP contribution in [0.2, 0.25) is 0 Å². The predicted molar refractivity (Wildman–Crippen MR) is 74.0 cm³/mol. The average molecular weight is 256 g/mol. The molecule has 100 valence electrons. The Morgan fingerprint density at radius 3 is 2.89 bits per heavy atom. The summed E-state index contributed by atoms with van der Waals surface area (Å²) in [7, 11) is 0. The lowest BCUT2D eigenvalue weighted by atomic mass is 9.94. The highest BCUT2D eigenvalue weighted by Gasteiger charge is 2.20. The minimum absolute atomic E-state index is 0.186. The second-order valence-corrected chi connectivity index (χ2v) is 5.53. The topological polar surface area (TPSA) is 45.0 Å². The van der Waals surface area contributed by atoms with Crippen molar-refractivity contribution < 1.29 is 4.74 Å². The van der Waals surface area contributed by atoms with Gasteiger partial charge in [-0.1, -0.05) is 25.3 Å². The lowest BCUT2D eigenvalue weighted by Crippen LogP contribution is -2.33. The highest BCUT2D eigenvalue weighted by Crippen LogP contribution is 2.29. The van der Waals surface area contributed by atoms with Crippen LogP contribution in [0.15, 0.2) is 18.2 Å². The number of nitrogens with zero attached hydrogens (tertiary/aromatic N) is 1. The summed E-state index contributed by atoms with van der Waals surface area (Å²) in [6.07, 6.45) is 7.27. The molecule has 1 unspecified atom stereocenters. The number of fused-ring (bicyclic) bond motifs is 1. The van der Waals surface area contributed by atoms with Crippen molar-refractivity contribution in [1.82, 2.24) is 5.32 Å². The molecule has 1 atom stereocenters. The Bertz CT molecular complexity index is 486. The molecule has 0 amide bonds. The molecule has 0 saturated heterocycles. The van der Waals surface area contributed by atoms with Crippen molar-refractivity contribution in [1.29, 1.82) is 5.26 Å². The lowest BCUT2D eigenvalue weighted by molar-refractivity contribution is 0.356. The fraction of sp³-hybridized carbons (Fsp3) is 0.562. The fourth-order valence-electron chi connectivity index (χ4n) is 3.10. The summed E-state index contributed by atoms with van der Waals surface area (Å²) < 4.78 is 5.51. The van der Waals surface area contributed by atoms with E-state index in [9.17, 15) is 5.26 Å². The third-order valence-electron chi connectivity index (χ3n) is 4.18. The molecule has 0 bridgehead atoms. The van der Waals surface area contributed by atoms with E-state index in [0.717, 1.165) is 24.3 Å². The third kappa shape index (κ3) is 2.74. The third-order valence-corrected chi connectivity index (χ3v) is 4.18. The van der Waals surface area contributed by atoms with Gasteiger partial charge in [-0.2, -0.15) is 5.26 Å². The Kier molecular flexibility index (Phi) is 3.70. The maximum Gasteiger partial charge on any atom is 0.122 e. The first-order valence-corrected chi connectivity index (χ1v) is 7.28. The normalized spacial score (nSPS) is 20.4. The average Bonchev–Trinajstić information content (AvgIpc) is 2.93. The Morgan fingerprint density at radius 2 is 2.11 bits per heavy atom. The summed E-state index contributed by atoms with van der Waals surface area (Å²) >= 11 is 0. The number of ether oxygens (including phenoxy) is 1. The molecule has 19 heavy (non-hydrogen) atoms. The predicted octanol–water partition coefficient (Wildman–Crippen LogP) is 3.11.